The van der Waals surface area contributed by atoms with E-state index < -0.39 is 5.66 Å². The number of aromatic nitrogens is 1. The SMILES string of the molecule is CC1(C)NC(=O)c2sc3ncccc3c2N1. The van der Waals surface area contributed by atoms with Crippen LogP contribution < -0.4 is 10.6 Å². The largest absolute Gasteiger partial charge is 0.361 e. The monoisotopic (exact) mass is 233 g/mol. The first kappa shape index (κ1) is 9.59. The number of hydrogen-bond acceptors (Lipinski definition) is 4. The van der Waals surface area contributed by atoms with Crippen LogP contribution in [0.5, 0.6) is 0 Å². The Hall–Kier alpha value is -1.62. The molecule has 0 spiro atoms. The molecule has 0 saturated heterocycles. The number of rotatable bonds is 0. The molecule has 2 N–H and O–H groups in total. The van der Waals surface area contributed by atoms with E-state index in [-0.39, 0.29) is 5.91 Å². The van der Waals surface area contributed by atoms with Gasteiger partial charge in [0.05, 0.1) is 5.69 Å². The topological polar surface area (TPSA) is 54.0 Å². The van der Waals surface area contributed by atoms with E-state index in [9.17, 15) is 4.79 Å². The van der Waals surface area contributed by atoms with Crippen molar-refractivity contribution in [1.29, 1.82) is 0 Å². The molecule has 5 heteroatoms. The van der Waals surface area contributed by atoms with Gasteiger partial charge >= 0.3 is 0 Å². The lowest BCUT2D eigenvalue weighted by Crippen LogP contribution is -2.52. The minimum Gasteiger partial charge on any atom is -0.361 e. The van der Waals surface area contributed by atoms with Crippen molar-refractivity contribution in [2.24, 2.45) is 0 Å². The number of hydrogen-bond donors (Lipinski definition) is 2. The molecule has 0 unspecified atom stereocenters. The first-order chi connectivity index (χ1) is 7.57. The molecule has 0 aliphatic carbocycles. The summed E-state index contributed by atoms with van der Waals surface area (Å²) < 4.78 is 0. The van der Waals surface area contributed by atoms with Gasteiger partial charge in [-0.15, -0.1) is 11.3 Å². The van der Waals surface area contributed by atoms with E-state index in [0.29, 0.717) is 4.88 Å². The summed E-state index contributed by atoms with van der Waals surface area (Å²) in [6.45, 7) is 3.88. The number of nitrogens with one attached hydrogen (secondary N) is 2. The summed E-state index contributed by atoms with van der Waals surface area (Å²) in [7, 11) is 0. The van der Waals surface area contributed by atoms with Crippen molar-refractivity contribution >= 4 is 33.1 Å². The van der Waals surface area contributed by atoms with Crippen LogP contribution in [0, 0.1) is 0 Å². The molecule has 1 aliphatic heterocycles. The summed E-state index contributed by atoms with van der Waals surface area (Å²) in [4.78, 5) is 17.8. The average Bonchev–Trinajstić information content (AvgIpc) is 2.56. The number of amides is 1. The van der Waals surface area contributed by atoms with Crippen molar-refractivity contribution in [3.05, 3.63) is 23.2 Å². The van der Waals surface area contributed by atoms with Gasteiger partial charge in [-0.3, -0.25) is 4.79 Å². The van der Waals surface area contributed by atoms with Crippen LogP contribution in [0.3, 0.4) is 0 Å². The van der Waals surface area contributed by atoms with Crippen LogP contribution in [0.25, 0.3) is 10.2 Å². The van der Waals surface area contributed by atoms with E-state index in [4.69, 9.17) is 0 Å². The molecule has 3 heterocycles. The molecule has 0 fully saturated rings. The normalized spacial score (nSPS) is 17.8. The zero-order chi connectivity index (χ0) is 11.3. The summed E-state index contributed by atoms with van der Waals surface area (Å²) in [5.41, 5.74) is 0.496. The minimum absolute atomic E-state index is 0.0262. The van der Waals surface area contributed by atoms with E-state index in [2.05, 4.69) is 15.6 Å². The fourth-order valence-electron chi connectivity index (χ4n) is 1.90. The highest BCUT2D eigenvalue weighted by molar-refractivity contribution is 7.21. The summed E-state index contributed by atoms with van der Waals surface area (Å²) >= 11 is 1.42. The fourth-order valence-corrected chi connectivity index (χ4v) is 2.89. The molecule has 0 bridgehead atoms. The Morgan fingerprint density at radius 3 is 3.00 bits per heavy atom. The Labute approximate surface area is 96.7 Å². The molecule has 0 aromatic carbocycles. The van der Waals surface area contributed by atoms with Crippen molar-refractivity contribution in [1.82, 2.24) is 10.3 Å². The fraction of sp³-hybridized carbons (Fsp3) is 0.273. The second-order valence-corrected chi connectivity index (χ2v) is 5.37. The molecule has 4 nitrogen and oxygen atoms in total. The van der Waals surface area contributed by atoms with Crippen LogP contribution in [-0.2, 0) is 0 Å². The number of fused-ring (bicyclic) bond motifs is 3. The number of pyridine rings is 1. The second kappa shape index (κ2) is 2.95. The highest BCUT2D eigenvalue weighted by Crippen LogP contribution is 2.37. The second-order valence-electron chi connectivity index (χ2n) is 4.37. The van der Waals surface area contributed by atoms with E-state index >= 15 is 0 Å². The van der Waals surface area contributed by atoms with Gasteiger partial charge in [0.15, 0.2) is 0 Å². The lowest BCUT2D eigenvalue weighted by molar-refractivity contribution is 0.0919. The number of carbonyl (C=O) groups excluding carboxylic acids is 1. The highest BCUT2D eigenvalue weighted by atomic mass is 32.1. The molecule has 2 aromatic rings. The van der Waals surface area contributed by atoms with Gasteiger partial charge in [0.25, 0.3) is 5.91 Å². The van der Waals surface area contributed by atoms with Crippen LogP contribution >= 0.6 is 11.3 Å². The molecule has 1 amide bonds. The number of thiophene rings is 1. The third-order valence-electron chi connectivity index (χ3n) is 2.54. The molecule has 2 aromatic heterocycles. The lowest BCUT2D eigenvalue weighted by atomic mass is 10.1. The zero-order valence-corrected chi connectivity index (χ0v) is 9.81. The van der Waals surface area contributed by atoms with Gasteiger partial charge in [0.1, 0.15) is 15.4 Å². The van der Waals surface area contributed by atoms with Crippen molar-refractivity contribution in [2.75, 3.05) is 5.32 Å². The predicted octanol–water partition coefficient (Wildman–Crippen LogP) is 2.19. The Balaban J connectivity index is 2.30. The Morgan fingerprint density at radius 2 is 2.19 bits per heavy atom. The summed E-state index contributed by atoms with van der Waals surface area (Å²) in [5.74, 6) is -0.0262. The predicted molar refractivity (Wildman–Crippen MR) is 64.8 cm³/mol. The average molecular weight is 233 g/mol. The molecule has 3 rings (SSSR count). The van der Waals surface area contributed by atoms with Gasteiger partial charge in [0, 0.05) is 11.6 Å². The van der Waals surface area contributed by atoms with E-state index in [1.807, 2.05) is 26.0 Å². The van der Waals surface area contributed by atoms with Gasteiger partial charge in [-0.1, -0.05) is 0 Å². The smallest absolute Gasteiger partial charge is 0.265 e. The molecule has 0 saturated carbocycles. The molecular weight excluding hydrogens is 222 g/mol. The van der Waals surface area contributed by atoms with Crippen molar-refractivity contribution < 1.29 is 4.79 Å². The highest BCUT2D eigenvalue weighted by Gasteiger charge is 2.32. The first-order valence-electron chi connectivity index (χ1n) is 5.05. The van der Waals surface area contributed by atoms with Gasteiger partial charge < -0.3 is 10.6 Å². The Bertz CT molecular complexity index is 588. The number of carbonyl (C=O) groups is 1. The van der Waals surface area contributed by atoms with E-state index in [1.165, 1.54) is 11.3 Å². The maximum Gasteiger partial charge on any atom is 0.265 e. The summed E-state index contributed by atoms with van der Waals surface area (Å²) in [6, 6.07) is 3.87. The van der Waals surface area contributed by atoms with E-state index in [0.717, 1.165) is 15.9 Å². The minimum atomic E-state index is -0.409. The maximum atomic E-state index is 11.9. The molecule has 0 radical (unpaired) electrons. The summed E-state index contributed by atoms with van der Waals surface area (Å²) in [6.07, 6.45) is 1.74. The number of nitrogens with zero attached hydrogens (tertiary/aromatic N) is 1. The molecule has 0 atom stereocenters. The van der Waals surface area contributed by atoms with Crippen LogP contribution in [-0.4, -0.2) is 16.6 Å². The Morgan fingerprint density at radius 1 is 1.38 bits per heavy atom. The van der Waals surface area contributed by atoms with Crippen LogP contribution in [0.15, 0.2) is 18.3 Å². The van der Waals surface area contributed by atoms with Crippen molar-refractivity contribution in [2.45, 2.75) is 19.5 Å². The lowest BCUT2D eigenvalue weighted by Gasteiger charge is -2.32. The van der Waals surface area contributed by atoms with Crippen LogP contribution in [0.4, 0.5) is 5.69 Å². The van der Waals surface area contributed by atoms with Gasteiger partial charge in [0.2, 0.25) is 0 Å². The standard InChI is InChI=1S/C11H11N3OS/c1-11(2)13-7-6-4-3-5-12-10(6)16-8(7)9(15)14-11/h3-5,13H,1-2H3,(H,14,15). The van der Waals surface area contributed by atoms with Crippen molar-refractivity contribution in [3.8, 4) is 0 Å². The van der Waals surface area contributed by atoms with Gasteiger partial charge in [-0.2, -0.15) is 0 Å². The maximum absolute atomic E-state index is 11.9. The molecule has 82 valence electrons. The van der Waals surface area contributed by atoms with Crippen LogP contribution in [0.1, 0.15) is 23.5 Å². The van der Waals surface area contributed by atoms with E-state index in [1.54, 1.807) is 6.20 Å². The molecule has 16 heavy (non-hydrogen) atoms. The Kier molecular flexibility index (Phi) is 1.77. The molecule has 1 aliphatic rings. The zero-order valence-electron chi connectivity index (χ0n) is 9.00. The van der Waals surface area contributed by atoms with Crippen molar-refractivity contribution in [3.63, 3.8) is 0 Å². The molecular formula is C11H11N3OS. The third-order valence-corrected chi connectivity index (χ3v) is 3.65. The van der Waals surface area contributed by atoms with Crippen LogP contribution in [0.2, 0.25) is 0 Å². The number of anilines is 1. The third kappa shape index (κ3) is 1.28. The quantitative estimate of drug-likeness (QED) is 0.733. The van der Waals surface area contributed by atoms with Gasteiger partial charge in [-0.25, -0.2) is 4.98 Å². The first-order valence-corrected chi connectivity index (χ1v) is 5.87. The van der Waals surface area contributed by atoms with Gasteiger partial charge in [-0.05, 0) is 26.0 Å². The summed E-state index contributed by atoms with van der Waals surface area (Å²) in [5, 5.41) is 7.25.